The second-order valence-corrected chi connectivity index (χ2v) is 11.0. The van der Waals surface area contributed by atoms with Crippen LogP contribution in [-0.2, 0) is 23.7 Å². The quantitative estimate of drug-likeness (QED) is 0.204. The lowest BCUT2D eigenvalue weighted by molar-refractivity contribution is -0.228. The molecule has 8 aliphatic carbocycles. The fraction of sp³-hybridized carbons (Fsp3) is 0.267. The number of hydrogen-bond donors (Lipinski definition) is 0. The van der Waals surface area contributed by atoms with Gasteiger partial charge in [0.1, 0.15) is 0 Å². The Kier molecular flexibility index (Phi) is 3.27. The molecule has 0 radical (unpaired) electrons. The van der Waals surface area contributed by atoms with Gasteiger partial charge in [0.25, 0.3) is 0 Å². The zero-order valence-corrected chi connectivity index (χ0v) is 19.1. The van der Waals surface area contributed by atoms with E-state index in [1.807, 2.05) is 0 Å². The molecule has 8 aliphatic rings. The standard InChI is InChI=1S/C30H14F8/c31-27(32)15-7-8-16-20-14-6-5-13(19(15)20)23-21-11-3-1-2-4-12(11)22(24(14)23)26-18(30(37,38)28(16,33)34)10-9-17(25(21)26)29(27,35)36/h1-10,13-14,21-22H. The van der Waals surface area contributed by atoms with Crippen LogP contribution in [0.2, 0.25) is 0 Å². The summed E-state index contributed by atoms with van der Waals surface area (Å²) in [7, 11) is 0. The molecule has 3 aromatic carbocycles. The third-order valence-corrected chi connectivity index (χ3v) is 9.65. The van der Waals surface area contributed by atoms with E-state index >= 15 is 35.1 Å². The van der Waals surface area contributed by atoms with Crippen molar-refractivity contribution >= 4 is 0 Å². The number of hydrogen-bond acceptors (Lipinski definition) is 0. The molecule has 4 atom stereocenters. The highest BCUT2D eigenvalue weighted by Gasteiger charge is 2.69. The first-order valence-electron chi connectivity index (χ1n) is 12.3. The predicted octanol–water partition coefficient (Wildman–Crippen LogP) is 8.42. The van der Waals surface area contributed by atoms with Crippen LogP contribution in [-0.4, -0.2) is 0 Å². The van der Waals surface area contributed by atoms with E-state index in [1.54, 1.807) is 36.4 Å². The molecule has 0 heterocycles. The minimum absolute atomic E-state index is 0.374. The smallest absolute Gasteiger partial charge is 0.194 e. The van der Waals surface area contributed by atoms with E-state index in [-0.39, 0.29) is 22.3 Å². The Morgan fingerprint density at radius 1 is 0.421 bits per heavy atom. The van der Waals surface area contributed by atoms with Crippen molar-refractivity contribution in [3.63, 3.8) is 0 Å². The van der Waals surface area contributed by atoms with Crippen molar-refractivity contribution in [3.8, 4) is 0 Å². The van der Waals surface area contributed by atoms with E-state index < -0.39 is 69.6 Å². The van der Waals surface area contributed by atoms with Gasteiger partial charge in [-0.25, -0.2) is 0 Å². The number of halogens is 8. The van der Waals surface area contributed by atoms with Crippen molar-refractivity contribution in [1.29, 1.82) is 0 Å². The van der Waals surface area contributed by atoms with E-state index in [0.717, 1.165) is 0 Å². The molecule has 4 unspecified atom stereocenters. The first-order chi connectivity index (χ1) is 17.9. The molecular weight excluding hydrogens is 512 g/mol. The number of allylic oxidation sites excluding steroid dienone is 4. The Balaban J connectivity index is 1.62. The molecule has 0 saturated heterocycles. The lowest BCUT2D eigenvalue weighted by Gasteiger charge is -2.52. The molecule has 0 spiro atoms. The van der Waals surface area contributed by atoms with Gasteiger partial charge in [0.2, 0.25) is 0 Å². The summed E-state index contributed by atoms with van der Waals surface area (Å²) in [6.45, 7) is 0. The van der Waals surface area contributed by atoms with Gasteiger partial charge in [0, 0.05) is 45.9 Å². The second-order valence-electron chi connectivity index (χ2n) is 11.0. The van der Waals surface area contributed by atoms with Crippen LogP contribution in [0.3, 0.4) is 0 Å². The maximum atomic E-state index is 16.2. The maximum absolute atomic E-state index is 16.2. The van der Waals surface area contributed by atoms with Gasteiger partial charge < -0.3 is 0 Å². The number of benzene rings is 3. The normalized spacial score (nSPS) is 31.3. The minimum atomic E-state index is -4.78. The van der Waals surface area contributed by atoms with Crippen molar-refractivity contribution in [2.24, 2.45) is 0 Å². The van der Waals surface area contributed by atoms with E-state index in [2.05, 4.69) is 0 Å². The van der Waals surface area contributed by atoms with E-state index in [4.69, 9.17) is 0 Å². The lowest BCUT2D eigenvalue weighted by Crippen LogP contribution is -2.42. The SMILES string of the molecule is FC1(F)c2ccc3c4c2C2C=CC4C4=C2C2c5ccccc5C4c4c(ccc(c42)C1(F)F)C(F)(F)C3(F)F. The molecule has 0 nitrogen and oxygen atoms in total. The predicted molar refractivity (Wildman–Crippen MR) is 120 cm³/mol. The van der Waals surface area contributed by atoms with Crippen LogP contribution in [0.25, 0.3) is 0 Å². The molecule has 0 saturated carbocycles. The Morgan fingerprint density at radius 2 is 0.737 bits per heavy atom. The van der Waals surface area contributed by atoms with Crippen LogP contribution in [0.4, 0.5) is 35.1 Å². The maximum Gasteiger partial charge on any atom is 0.340 e. The zero-order chi connectivity index (χ0) is 26.3. The molecule has 190 valence electrons. The average Bonchev–Trinajstić information content (AvgIpc) is 2.92. The molecule has 8 heteroatoms. The van der Waals surface area contributed by atoms with Gasteiger partial charge in [-0.15, -0.1) is 0 Å². The second kappa shape index (κ2) is 5.77. The fourth-order valence-electron chi connectivity index (χ4n) is 8.31. The first kappa shape index (κ1) is 21.5. The Bertz CT molecular complexity index is 1630. The molecule has 0 amide bonds. The summed E-state index contributed by atoms with van der Waals surface area (Å²) in [4.78, 5) is 0. The van der Waals surface area contributed by atoms with Crippen molar-refractivity contribution in [2.75, 3.05) is 0 Å². The highest BCUT2D eigenvalue weighted by atomic mass is 19.3. The van der Waals surface area contributed by atoms with E-state index in [0.29, 0.717) is 46.5 Å². The van der Waals surface area contributed by atoms with Crippen LogP contribution < -0.4 is 0 Å². The lowest BCUT2D eigenvalue weighted by atomic mass is 9.50. The van der Waals surface area contributed by atoms with Gasteiger partial charge in [0.15, 0.2) is 0 Å². The summed E-state index contributed by atoms with van der Waals surface area (Å²) in [5, 5.41) is 0. The Labute approximate surface area is 210 Å². The van der Waals surface area contributed by atoms with Gasteiger partial charge in [-0.3, -0.25) is 0 Å². The zero-order valence-electron chi connectivity index (χ0n) is 19.1. The molecule has 0 fully saturated rings. The monoisotopic (exact) mass is 526 g/mol. The summed E-state index contributed by atoms with van der Waals surface area (Å²) in [6.07, 6.45) is 3.19. The van der Waals surface area contributed by atoms with Crippen molar-refractivity contribution in [1.82, 2.24) is 0 Å². The van der Waals surface area contributed by atoms with Gasteiger partial charge in [0.05, 0.1) is 0 Å². The van der Waals surface area contributed by atoms with Crippen molar-refractivity contribution in [3.05, 3.63) is 127 Å². The summed E-state index contributed by atoms with van der Waals surface area (Å²) in [5.74, 6) is -23.2. The number of alkyl halides is 8. The number of rotatable bonds is 0. The van der Waals surface area contributed by atoms with Gasteiger partial charge in [-0.2, -0.15) is 35.1 Å². The van der Waals surface area contributed by atoms with Crippen LogP contribution in [0.1, 0.15) is 79.3 Å². The van der Waals surface area contributed by atoms with Gasteiger partial charge >= 0.3 is 23.7 Å². The van der Waals surface area contributed by atoms with Crippen LogP contribution in [0.15, 0.2) is 71.8 Å². The summed E-state index contributed by atoms with van der Waals surface area (Å²) in [6, 6.07) is 8.85. The third-order valence-electron chi connectivity index (χ3n) is 9.65. The fourth-order valence-corrected chi connectivity index (χ4v) is 8.31. The molecule has 11 rings (SSSR count). The van der Waals surface area contributed by atoms with Crippen LogP contribution >= 0.6 is 0 Å². The summed E-state index contributed by atoms with van der Waals surface area (Å²) >= 11 is 0. The topological polar surface area (TPSA) is 0 Å². The van der Waals surface area contributed by atoms with Crippen LogP contribution in [0.5, 0.6) is 0 Å². The van der Waals surface area contributed by atoms with E-state index in [1.165, 1.54) is 0 Å². The Hall–Kier alpha value is -3.42. The highest BCUT2D eigenvalue weighted by Crippen LogP contribution is 2.73. The molecule has 0 aromatic heterocycles. The molecule has 3 aromatic rings. The summed E-state index contributed by atoms with van der Waals surface area (Å²) < 4.78 is 129. The largest absolute Gasteiger partial charge is 0.340 e. The van der Waals surface area contributed by atoms with Gasteiger partial charge in [-0.05, 0) is 44.5 Å². The van der Waals surface area contributed by atoms with E-state index in [9.17, 15) is 0 Å². The van der Waals surface area contributed by atoms with Crippen LogP contribution in [0, 0.1) is 0 Å². The van der Waals surface area contributed by atoms with Gasteiger partial charge in [-0.1, -0.05) is 60.7 Å². The average molecular weight is 526 g/mol. The highest BCUT2D eigenvalue weighted by molar-refractivity contribution is 5.79. The molecule has 38 heavy (non-hydrogen) atoms. The first-order valence-corrected chi connectivity index (χ1v) is 12.3. The van der Waals surface area contributed by atoms with Crippen molar-refractivity contribution in [2.45, 2.75) is 47.4 Å². The third kappa shape index (κ3) is 1.85. The Morgan fingerprint density at radius 3 is 1.08 bits per heavy atom. The molecule has 10 bridgehead atoms. The molecule has 0 N–H and O–H groups in total. The summed E-state index contributed by atoms with van der Waals surface area (Å²) in [5.41, 5.74) is -3.53. The minimum Gasteiger partial charge on any atom is -0.194 e. The van der Waals surface area contributed by atoms with Crippen molar-refractivity contribution < 1.29 is 35.1 Å². The molecule has 0 aliphatic heterocycles. The molecular formula is C30H14F8.